The lowest BCUT2D eigenvalue weighted by atomic mass is 10.1. The van der Waals surface area contributed by atoms with Crippen molar-refractivity contribution in [3.63, 3.8) is 0 Å². The van der Waals surface area contributed by atoms with Gasteiger partial charge in [0, 0.05) is 55.9 Å². The Labute approximate surface area is 184 Å². The average Bonchev–Trinajstić information content (AvgIpc) is 3.35. The van der Waals surface area contributed by atoms with Crippen LogP contribution >= 0.6 is 0 Å². The highest BCUT2D eigenvalue weighted by atomic mass is 16.6. The van der Waals surface area contributed by atoms with Crippen LogP contribution in [0.1, 0.15) is 0 Å². The molecule has 3 heterocycles. The van der Waals surface area contributed by atoms with Gasteiger partial charge in [-0.05, 0) is 36.4 Å². The largest absolute Gasteiger partial charge is 0.368 e. The molecule has 0 aliphatic carbocycles. The van der Waals surface area contributed by atoms with Crippen molar-refractivity contribution in [2.45, 2.75) is 0 Å². The third-order valence-corrected chi connectivity index (χ3v) is 5.51. The number of anilines is 2. The van der Waals surface area contributed by atoms with Crippen LogP contribution in [-0.2, 0) is 0 Å². The van der Waals surface area contributed by atoms with Crippen molar-refractivity contribution in [3.8, 4) is 22.8 Å². The van der Waals surface area contributed by atoms with E-state index in [1.807, 2.05) is 24.3 Å². The number of para-hydroxylation sites is 1. The molecule has 9 nitrogen and oxygen atoms in total. The van der Waals surface area contributed by atoms with Gasteiger partial charge in [-0.15, -0.1) is 0 Å². The fourth-order valence-electron chi connectivity index (χ4n) is 3.87. The predicted molar refractivity (Wildman–Crippen MR) is 120 cm³/mol. The lowest BCUT2D eigenvalue weighted by Gasteiger charge is -2.37. The number of aromatic nitrogens is 3. The first-order valence-corrected chi connectivity index (χ1v) is 10.3. The summed E-state index contributed by atoms with van der Waals surface area (Å²) in [5.74, 6) is 0.615. The summed E-state index contributed by atoms with van der Waals surface area (Å²) < 4.78 is 5.32. The van der Waals surface area contributed by atoms with Crippen LogP contribution in [-0.4, -0.2) is 46.2 Å². The highest BCUT2D eigenvalue weighted by Gasteiger charge is 2.25. The lowest BCUT2D eigenvalue weighted by Crippen LogP contribution is -2.46. The van der Waals surface area contributed by atoms with E-state index in [0.29, 0.717) is 41.6 Å². The molecule has 1 saturated heterocycles. The molecule has 1 fully saturated rings. The molecule has 5 rings (SSSR count). The first-order valence-electron chi connectivity index (χ1n) is 10.3. The summed E-state index contributed by atoms with van der Waals surface area (Å²) in [5.41, 5.74) is 3.01. The van der Waals surface area contributed by atoms with E-state index in [4.69, 9.17) is 4.52 Å². The van der Waals surface area contributed by atoms with Crippen molar-refractivity contribution in [2.75, 3.05) is 36.0 Å². The molecule has 0 N–H and O–H groups in total. The number of nitrogens with zero attached hydrogens (tertiary/aromatic N) is 6. The Morgan fingerprint density at radius 1 is 0.906 bits per heavy atom. The molecule has 2 aromatic carbocycles. The van der Waals surface area contributed by atoms with Gasteiger partial charge in [0.1, 0.15) is 5.69 Å². The molecular weight excluding hydrogens is 408 g/mol. The maximum atomic E-state index is 11.9. The standard InChI is InChI=1S/C23H20N6O3/c30-29(31)21-15-17(22-25-23(32-26-22)18-5-4-10-24-16-18)8-9-20(21)28-13-11-27(12-14-28)19-6-2-1-3-7-19/h1-10,15-16H,11-14H2. The molecule has 0 atom stereocenters. The van der Waals surface area contributed by atoms with Crippen LogP contribution in [0.25, 0.3) is 22.8 Å². The number of benzene rings is 2. The van der Waals surface area contributed by atoms with Gasteiger partial charge in [-0.2, -0.15) is 4.98 Å². The Balaban J connectivity index is 1.37. The van der Waals surface area contributed by atoms with Crippen molar-refractivity contribution in [1.82, 2.24) is 15.1 Å². The van der Waals surface area contributed by atoms with Crippen LogP contribution in [0.2, 0.25) is 0 Å². The average molecular weight is 428 g/mol. The number of nitro groups is 1. The fraction of sp³-hybridized carbons (Fsp3) is 0.174. The van der Waals surface area contributed by atoms with Gasteiger partial charge >= 0.3 is 0 Å². The van der Waals surface area contributed by atoms with Gasteiger partial charge in [0.05, 0.1) is 10.5 Å². The molecule has 2 aromatic heterocycles. The van der Waals surface area contributed by atoms with Gasteiger partial charge in [0.15, 0.2) is 0 Å². The highest BCUT2D eigenvalue weighted by molar-refractivity contribution is 5.72. The van der Waals surface area contributed by atoms with Crippen LogP contribution in [0.5, 0.6) is 0 Å². The Hall–Kier alpha value is -4.27. The third kappa shape index (κ3) is 3.87. The monoisotopic (exact) mass is 428 g/mol. The molecule has 0 radical (unpaired) electrons. The molecule has 0 bridgehead atoms. The van der Waals surface area contributed by atoms with Crippen molar-refractivity contribution in [3.05, 3.63) is 83.2 Å². The number of nitro benzene ring substituents is 1. The van der Waals surface area contributed by atoms with Gasteiger partial charge in [0.2, 0.25) is 5.82 Å². The Bertz CT molecular complexity index is 1220. The van der Waals surface area contributed by atoms with E-state index >= 15 is 0 Å². The molecule has 4 aromatic rings. The fourth-order valence-corrected chi connectivity index (χ4v) is 3.87. The van der Waals surface area contributed by atoms with E-state index in [0.717, 1.165) is 13.1 Å². The maximum Gasteiger partial charge on any atom is 0.293 e. The number of pyridine rings is 1. The second-order valence-corrected chi connectivity index (χ2v) is 7.44. The van der Waals surface area contributed by atoms with E-state index < -0.39 is 0 Å². The van der Waals surface area contributed by atoms with Crippen molar-refractivity contribution < 1.29 is 9.45 Å². The zero-order valence-electron chi connectivity index (χ0n) is 17.2. The smallest absolute Gasteiger partial charge is 0.293 e. The first-order chi connectivity index (χ1) is 15.7. The number of piperazine rings is 1. The van der Waals surface area contributed by atoms with E-state index in [-0.39, 0.29) is 10.6 Å². The van der Waals surface area contributed by atoms with Crippen LogP contribution < -0.4 is 9.80 Å². The van der Waals surface area contributed by atoms with E-state index in [1.165, 1.54) is 11.8 Å². The van der Waals surface area contributed by atoms with Gasteiger partial charge < -0.3 is 14.3 Å². The molecule has 0 amide bonds. The summed E-state index contributed by atoms with van der Waals surface area (Å²) in [6.45, 7) is 2.98. The maximum absolute atomic E-state index is 11.9. The number of hydrogen-bond donors (Lipinski definition) is 0. The van der Waals surface area contributed by atoms with Gasteiger partial charge in [0.25, 0.3) is 11.6 Å². The van der Waals surface area contributed by atoms with E-state index in [9.17, 15) is 10.1 Å². The second-order valence-electron chi connectivity index (χ2n) is 7.44. The lowest BCUT2D eigenvalue weighted by molar-refractivity contribution is -0.384. The van der Waals surface area contributed by atoms with E-state index in [1.54, 1.807) is 30.6 Å². The molecule has 32 heavy (non-hydrogen) atoms. The minimum Gasteiger partial charge on any atom is -0.368 e. The topological polar surface area (TPSA) is 101 Å². The minimum atomic E-state index is -0.357. The molecule has 9 heteroatoms. The molecule has 0 saturated carbocycles. The minimum absolute atomic E-state index is 0.0309. The van der Waals surface area contributed by atoms with Crippen LogP contribution in [0.3, 0.4) is 0 Å². The molecule has 0 unspecified atom stereocenters. The summed E-state index contributed by atoms with van der Waals surface area (Å²) in [6.07, 6.45) is 3.28. The number of hydrogen-bond acceptors (Lipinski definition) is 8. The molecule has 1 aliphatic heterocycles. The van der Waals surface area contributed by atoms with Crippen LogP contribution in [0.15, 0.2) is 77.6 Å². The van der Waals surface area contributed by atoms with Crippen LogP contribution in [0.4, 0.5) is 17.1 Å². The third-order valence-electron chi connectivity index (χ3n) is 5.51. The summed E-state index contributed by atoms with van der Waals surface area (Å²) >= 11 is 0. The molecule has 0 spiro atoms. The Kier molecular flexibility index (Phi) is 5.20. The normalized spacial score (nSPS) is 13.9. The summed E-state index contributed by atoms with van der Waals surface area (Å²) in [6, 6.07) is 18.8. The molecule has 1 aliphatic rings. The summed E-state index contributed by atoms with van der Waals surface area (Å²) in [7, 11) is 0. The predicted octanol–water partition coefficient (Wildman–Crippen LogP) is 4.03. The van der Waals surface area contributed by atoms with Gasteiger partial charge in [-0.25, -0.2) is 0 Å². The highest BCUT2D eigenvalue weighted by Crippen LogP contribution is 2.34. The zero-order chi connectivity index (χ0) is 21.9. The van der Waals surface area contributed by atoms with Gasteiger partial charge in [-0.1, -0.05) is 23.4 Å². The van der Waals surface area contributed by atoms with E-state index in [2.05, 4.69) is 37.1 Å². The SMILES string of the molecule is O=[N+]([O-])c1cc(-c2noc(-c3cccnc3)n2)ccc1N1CCN(c2ccccc2)CC1. The summed E-state index contributed by atoms with van der Waals surface area (Å²) in [5, 5.41) is 15.8. The van der Waals surface area contributed by atoms with Crippen molar-refractivity contribution in [2.24, 2.45) is 0 Å². The Morgan fingerprint density at radius 3 is 2.41 bits per heavy atom. The van der Waals surface area contributed by atoms with Gasteiger partial charge in [-0.3, -0.25) is 15.1 Å². The second kappa shape index (κ2) is 8.46. The Morgan fingerprint density at radius 2 is 1.69 bits per heavy atom. The molecule has 160 valence electrons. The van der Waals surface area contributed by atoms with Crippen molar-refractivity contribution >= 4 is 17.1 Å². The zero-order valence-corrected chi connectivity index (χ0v) is 17.2. The molecular formula is C23H20N6O3. The van der Waals surface area contributed by atoms with Crippen LogP contribution in [0, 0.1) is 10.1 Å². The van der Waals surface area contributed by atoms with Crippen molar-refractivity contribution in [1.29, 1.82) is 0 Å². The number of rotatable bonds is 5. The quantitative estimate of drug-likeness (QED) is 0.347. The first kappa shape index (κ1) is 19.7. The summed E-state index contributed by atoms with van der Waals surface area (Å²) in [4.78, 5) is 24.3.